The SMILES string of the molecule is CCCc1c(N)noc1-c1cncc(F)c1. The summed E-state index contributed by atoms with van der Waals surface area (Å²) in [5, 5.41) is 3.69. The van der Waals surface area contributed by atoms with Crippen LogP contribution in [0.25, 0.3) is 11.3 Å². The van der Waals surface area contributed by atoms with Crippen LogP contribution in [0.4, 0.5) is 10.2 Å². The molecular formula is C11H12FN3O. The first kappa shape index (κ1) is 10.6. The molecule has 0 aliphatic heterocycles. The van der Waals surface area contributed by atoms with E-state index in [1.807, 2.05) is 6.92 Å². The fourth-order valence-corrected chi connectivity index (χ4v) is 1.58. The molecule has 0 bridgehead atoms. The van der Waals surface area contributed by atoms with Gasteiger partial charge in [-0.25, -0.2) is 4.39 Å². The molecule has 0 fully saturated rings. The number of halogens is 1. The van der Waals surface area contributed by atoms with Crippen LogP contribution in [-0.2, 0) is 6.42 Å². The Morgan fingerprint density at radius 2 is 2.25 bits per heavy atom. The smallest absolute Gasteiger partial charge is 0.173 e. The molecule has 0 saturated carbocycles. The Bertz CT molecular complexity index is 496. The van der Waals surface area contributed by atoms with E-state index in [1.54, 1.807) is 0 Å². The van der Waals surface area contributed by atoms with Crippen LogP contribution in [0.2, 0.25) is 0 Å². The van der Waals surface area contributed by atoms with Crippen molar-refractivity contribution in [2.24, 2.45) is 0 Å². The van der Waals surface area contributed by atoms with Crippen LogP contribution in [-0.4, -0.2) is 10.1 Å². The molecule has 0 aliphatic carbocycles. The molecule has 0 aliphatic rings. The molecule has 2 heterocycles. The number of pyridine rings is 1. The van der Waals surface area contributed by atoms with Gasteiger partial charge in [-0.05, 0) is 12.5 Å². The lowest BCUT2D eigenvalue weighted by molar-refractivity contribution is 0.434. The van der Waals surface area contributed by atoms with Gasteiger partial charge in [-0.15, -0.1) is 0 Å². The van der Waals surface area contributed by atoms with Gasteiger partial charge in [-0.2, -0.15) is 0 Å². The second kappa shape index (κ2) is 4.30. The van der Waals surface area contributed by atoms with Crippen molar-refractivity contribution in [3.05, 3.63) is 29.8 Å². The fraction of sp³-hybridized carbons (Fsp3) is 0.273. The standard InChI is InChI=1S/C11H12FN3O/c1-2-3-9-10(16-15-11(9)13)7-4-8(12)6-14-5-7/h4-6H,2-3H2,1H3,(H2,13,15). The highest BCUT2D eigenvalue weighted by molar-refractivity contribution is 5.65. The van der Waals surface area contributed by atoms with Crippen LogP contribution in [0.5, 0.6) is 0 Å². The lowest BCUT2D eigenvalue weighted by atomic mass is 10.1. The second-order valence-electron chi connectivity index (χ2n) is 3.52. The first-order chi connectivity index (χ1) is 7.72. The minimum atomic E-state index is -0.407. The Morgan fingerprint density at radius 3 is 2.94 bits per heavy atom. The maximum Gasteiger partial charge on any atom is 0.173 e. The molecule has 5 heteroatoms. The Morgan fingerprint density at radius 1 is 1.44 bits per heavy atom. The summed E-state index contributed by atoms with van der Waals surface area (Å²) in [6, 6.07) is 1.35. The number of nitrogen functional groups attached to an aromatic ring is 1. The lowest BCUT2D eigenvalue weighted by Crippen LogP contribution is -1.93. The third-order valence-corrected chi connectivity index (χ3v) is 2.29. The summed E-state index contributed by atoms with van der Waals surface area (Å²) < 4.78 is 18.1. The zero-order chi connectivity index (χ0) is 11.5. The monoisotopic (exact) mass is 221 g/mol. The van der Waals surface area contributed by atoms with Crippen LogP contribution >= 0.6 is 0 Å². The van der Waals surface area contributed by atoms with Gasteiger partial charge in [0.15, 0.2) is 11.6 Å². The number of aromatic nitrogens is 2. The molecule has 2 N–H and O–H groups in total. The minimum Gasteiger partial charge on any atom is -0.381 e. The topological polar surface area (TPSA) is 64.9 Å². The molecule has 4 nitrogen and oxygen atoms in total. The second-order valence-corrected chi connectivity index (χ2v) is 3.52. The van der Waals surface area contributed by atoms with Crippen LogP contribution in [0.15, 0.2) is 23.0 Å². The molecular weight excluding hydrogens is 209 g/mol. The van der Waals surface area contributed by atoms with Crippen molar-refractivity contribution >= 4 is 5.82 Å². The van der Waals surface area contributed by atoms with E-state index in [1.165, 1.54) is 12.3 Å². The molecule has 0 aromatic carbocycles. The molecule has 0 saturated heterocycles. The molecule has 2 rings (SSSR count). The number of anilines is 1. The highest BCUT2D eigenvalue weighted by Gasteiger charge is 2.15. The summed E-state index contributed by atoms with van der Waals surface area (Å²) in [5.41, 5.74) is 7.06. The molecule has 0 atom stereocenters. The van der Waals surface area contributed by atoms with Crippen molar-refractivity contribution in [1.82, 2.24) is 10.1 Å². The van der Waals surface area contributed by atoms with Crippen LogP contribution in [0.1, 0.15) is 18.9 Å². The first-order valence-electron chi connectivity index (χ1n) is 5.07. The van der Waals surface area contributed by atoms with Gasteiger partial charge in [0.1, 0.15) is 5.82 Å². The van der Waals surface area contributed by atoms with Crippen molar-refractivity contribution in [2.75, 3.05) is 5.73 Å². The highest BCUT2D eigenvalue weighted by Crippen LogP contribution is 2.28. The Labute approximate surface area is 92.3 Å². The summed E-state index contributed by atoms with van der Waals surface area (Å²) in [5.74, 6) is 0.461. The third-order valence-electron chi connectivity index (χ3n) is 2.29. The molecule has 16 heavy (non-hydrogen) atoms. The van der Waals surface area contributed by atoms with Crippen molar-refractivity contribution in [2.45, 2.75) is 19.8 Å². The Kier molecular flexibility index (Phi) is 2.85. The lowest BCUT2D eigenvalue weighted by Gasteiger charge is -2.00. The van der Waals surface area contributed by atoms with Crippen LogP contribution in [0.3, 0.4) is 0 Å². The molecule has 0 spiro atoms. The van der Waals surface area contributed by atoms with Gasteiger partial charge in [0.05, 0.1) is 6.20 Å². The Hall–Kier alpha value is -1.91. The average Bonchev–Trinajstić information content (AvgIpc) is 2.61. The van der Waals surface area contributed by atoms with Gasteiger partial charge < -0.3 is 10.3 Å². The zero-order valence-corrected chi connectivity index (χ0v) is 8.90. The molecule has 0 unspecified atom stereocenters. The summed E-state index contributed by atoms with van der Waals surface area (Å²) >= 11 is 0. The predicted molar refractivity (Wildman–Crippen MR) is 58.1 cm³/mol. The van der Waals surface area contributed by atoms with Crippen LogP contribution in [0, 0.1) is 5.82 Å². The van der Waals surface area contributed by atoms with Crippen LogP contribution < -0.4 is 5.73 Å². The van der Waals surface area contributed by atoms with Gasteiger partial charge in [-0.1, -0.05) is 18.5 Å². The summed E-state index contributed by atoms with van der Waals surface area (Å²) in [4.78, 5) is 3.77. The van der Waals surface area contributed by atoms with E-state index in [0.717, 1.165) is 24.6 Å². The normalized spacial score (nSPS) is 10.6. The first-order valence-corrected chi connectivity index (χ1v) is 5.07. The van der Waals surface area contributed by atoms with Crippen molar-refractivity contribution in [3.8, 4) is 11.3 Å². The number of rotatable bonds is 3. The molecule has 0 radical (unpaired) electrons. The number of hydrogen-bond acceptors (Lipinski definition) is 4. The zero-order valence-electron chi connectivity index (χ0n) is 8.90. The molecule has 2 aromatic rings. The van der Waals surface area contributed by atoms with Crippen molar-refractivity contribution in [1.29, 1.82) is 0 Å². The fourth-order valence-electron chi connectivity index (χ4n) is 1.58. The molecule has 0 amide bonds. The van der Waals surface area contributed by atoms with Gasteiger partial charge in [0, 0.05) is 17.3 Å². The number of nitrogens with zero attached hydrogens (tertiary/aromatic N) is 2. The van der Waals surface area contributed by atoms with Gasteiger partial charge in [0.2, 0.25) is 0 Å². The van der Waals surface area contributed by atoms with E-state index in [2.05, 4.69) is 10.1 Å². The number of hydrogen-bond donors (Lipinski definition) is 1. The van der Waals surface area contributed by atoms with E-state index < -0.39 is 5.82 Å². The highest BCUT2D eigenvalue weighted by atomic mass is 19.1. The molecule has 84 valence electrons. The summed E-state index contributed by atoms with van der Waals surface area (Å²) in [7, 11) is 0. The van der Waals surface area contributed by atoms with E-state index in [0.29, 0.717) is 17.1 Å². The van der Waals surface area contributed by atoms with Gasteiger partial charge >= 0.3 is 0 Å². The largest absolute Gasteiger partial charge is 0.381 e. The molecule has 2 aromatic heterocycles. The summed E-state index contributed by atoms with van der Waals surface area (Å²) in [6.45, 7) is 2.03. The third kappa shape index (κ3) is 1.88. The van der Waals surface area contributed by atoms with Gasteiger partial charge in [0.25, 0.3) is 0 Å². The van der Waals surface area contributed by atoms with E-state index in [9.17, 15) is 4.39 Å². The van der Waals surface area contributed by atoms with Crippen molar-refractivity contribution in [3.63, 3.8) is 0 Å². The maximum absolute atomic E-state index is 13.0. The van der Waals surface area contributed by atoms with Gasteiger partial charge in [-0.3, -0.25) is 4.98 Å². The number of nitrogens with two attached hydrogens (primary N) is 1. The van der Waals surface area contributed by atoms with E-state index in [-0.39, 0.29) is 0 Å². The maximum atomic E-state index is 13.0. The average molecular weight is 221 g/mol. The Balaban J connectivity index is 2.47. The predicted octanol–water partition coefficient (Wildman–Crippen LogP) is 2.41. The quantitative estimate of drug-likeness (QED) is 0.864. The minimum absolute atomic E-state index is 0.362. The van der Waals surface area contributed by atoms with E-state index in [4.69, 9.17) is 10.3 Å². The van der Waals surface area contributed by atoms with Crippen molar-refractivity contribution < 1.29 is 8.91 Å². The summed E-state index contributed by atoms with van der Waals surface area (Å²) in [6.07, 6.45) is 4.34. The van der Waals surface area contributed by atoms with E-state index >= 15 is 0 Å².